The molecule has 0 aromatic carbocycles. The normalized spacial score (nSPS) is 18.9. The van der Waals surface area contributed by atoms with Crippen LogP contribution in [0, 0.1) is 0 Å². The van der Waals surface area contributed by atoms with Gasteiger partial charge in [-0.25, -0.2) is 4.79 Å². The zero-order valence-electron chi connectivity index (χ0n) is 11.2. The zero-order valence-corrected chi connectivity index (χ0v) is 12.0. The molecule has 1 aromatic rings. The topological polar surface area (TPSA) is 121 Å². The Bertz CT molecular complexity index is 571. The second-order valence-electron chi connectivity index (χ2n) is 4.86. The Morgan fingerprint density at radius 1 is 1.43 bits per heavy atom. The fourth-order valence-electron chi connectivity index (χ4n) is 2.44. The van der Waals surface area contributed by atoms with Crippen LogP contribution in [0.5, 0.6) is 0 Å². The quantitative estimate of drug-likeness (QED) is 0.726. The Kier molecular flexibility index (Phi) is 4.59. The Balaban J connectivity index is 2.17. The number of nitrogens with zero attached hydrogens (tertiary/aromatic N) is 1. The first-order valence-corrected chi connectivity index (χ1v) is 7.36. The van der Waals surface area contributed by atoms with Crippen LogP contribution in [0.1, 0.15) is 29.3 Å². The van der Waals surface area contributed by atoms with Gasteiger partial charge in [-0.2, -0.15) is 0 Å². The average Bonchev–Trinajstić information content (AvgIpc) is 2.90. The molecule has 0 spiro atoms. The van der Waals surface area contributed by atoms with Gasteiger partial charge >= 0.3 is 11.9 Å². The van der Waals surface area contributed by atoms with Gasteiger partial charge in [0.05, 0.1) is 6.04 Å². The summed E-state index contributed by atoms with van der Waals surface area (Å²) >= 11 is 1.47. The summed E-state index contributed by atoms with van der Waals surface area (Å²) in [4.78, 5) is 36.5. The highest BCUT2D eigenvalue weighted by molar-refractivity contribution is 7.10. The highest BCUT2D eigenvalue weighted by Crippen LogP contribution is 2.33. The van der Waals surface area contributed by atoms with Crippen molar-refractivity contribution in [3.8, 4) is 0 Å². The number of carboxylic acid groups (broad SMARTS) is 2. The van der Waals surface area contributed by atoms with Crippen LogP contribution >= 0.6 is 11.3 Å². The first-order chi connectivity index (χ1) is 9.91. The Hall–Kier alpha value is -1.93. The molecule has 8 heteroatoms. The predicted octanol–water partition coefficient (Wildman–Crippen LogP) is 0.451. The van der Waals surface area contributed by atoms with Gasteiger partial charge in [-0.3, -0.25) is 9.59 Å². The van der Waals surface area contributed by atoms with Gasteiger partial charge in [0.1, 0.15) is 0 Å². The SMILES string of the molecule is NC(CCC(=O)O)C(=O)N1CCc2sccc2C1C(=O)O. The molecule has 0 radical (unpaired) electrons. The molecule has 114 valence electrons. The Morgan fingerprint density at radius 3 is 2.76 bits per heavy atom. The molecule has 0 saturated carbocycles. The number of thiophene rings is 1. The molecule has 1 aromatic heterocycles. The average molecular weight is 312 g/mol. The molecule has 2 heterocycles. The molecule has 7 nitrogen and oxygen atoms in total. The van der Waals surface area contributed by atoms with Crippen molar-refractivity contribution in [2.45, 2.75) is 31.3 Å². The maximum Gasteiger partial charge on any atom is 0.331 e. The van der Waals surface area contributed by atoms with Gasteiger partial charge in [-0.15, -0.1) is 11.3 Å². The third-order valence-electron chi connectivity index (χ3n) is 3.47. The number of hydrogen-bond donors (Lipinski definition) is 3. The van der Waals surface area contributed by atoms with E-state index < -0.39 is 29.9 Å². The van der Waals surface area contributed by atoms with Gasteiger partial charge < -0.3 is 20.8 Å². The minimum absolute atomic E-state index is 0.00645. The summed E-state index contributed by atoms with van der Waals surface area (Å²) in [5.41, 5.74) is 6.33. The van der Waals surface area contributed by atoms with Crippen molar-refractivity contribution in [1.82, 2.24) is 4.90 Å². The van der Waals surface area contributed by atoms with Crippen molar-refractivity contribution in [1.29, 1.82) is 0 Å². The largest absolute Gasteiger partial charge is 0.481 e. The first-order valence-electron chi connectivity index (χ1n) is 6.48. The lowest BCUT2D eigenvalue weighted by atomic mass is 9.98. The smallest absolute Gasteiger partial charge is 0.331 e. The van der Waals surface area contributed by atoms with Crippen LogP contribution in [0.25, 0.3) is 0 Å². The second kappa shape index (κ2) is 6.23. The lowest BCUT2D eigenvalue weighted by molar-refractivity contribution is -0.152. The third-order valence-corrected chi connectivity index (χ3v) is 4.47. The highest BCUT2D eigenvalue weighted by atomic mass is 32.1. The van der Waals surface area contributed by atoms with Crippen LogP contribution in [-0.2, 0) is 20.8 Å². The maximum absolute atomic E-state index is 12.3. The number of fused-ring (bicyclic) bond motifs is 1. The molecule has 2 atom stereocenters. The lowest BCUT2D eigenvalue weighted by Gasteiger charge is -2.34. The number of carboxylic acids is 2. The number of rotatable bonds is 5. The van der Waals surface area contributed by atoms with E-state index in [4.69, 9.17) is 10.8 Å². The van der Waals surface area contributed by atoms with E-state index in [1.807, 2.05) is 0 Å². The van der Waals surface area contributed by atoms with Crippen LogP contribution in [0.4, 0.5) is 0 Å². The van der Waals surface area contributed by atoms with Crippen molar-refractivity contribution < 1.29 is 24.6 Å². The van der Waals surface area contributed by atoms with E-state index in [9.17, 15) is 19.5 Å². The van der Waals surface area contributed by atoms with Crippen molar-refractivity contribution in [2.24, 2.45) is 5.73 Å². The van der Waals surface area contributed by atoms with Crippen LogP contribution in [0.2, 0.25) is 0 Å². The maximum atomic E-state index is 12.3. The molecular weight excluding hydrogens is 296 g/mol. The molecule has 0 fully saturated rings. The minimum atomic E-state index is -1.10. The summed E-state index contributed by atoms with van der Waals surface area (Å²) in [6.45, 7) is 0.282. The Labute approximate surface area is 125 Å². The minimum Gasteiger partial charge on any atom is -0.481 e. The van der Waals surface area contributed by atoms with E-state index in [1.54, 1.807) is 11.4 Å². The number of aliphatic carboxylic acids is 2. The zero-order chi connectivity index (χ0) is 15.6. The number of nitrogens with two attached hydrogens (primary N) is 1. The van der Waals surface area contributed by atoms with Gasteiger partial charge in [-0.1, -0.05) is 0 Å². The number of carbonyl (C=O) groups is 3. The molecule has 21 heavy (non-hydrogen) atoms. The standard InChI is InChI=1S/C13H16N2O5S/c14-8(1-2-10(16)17)12(18)15-5-3-9-7(4-6-21-9)11(15)13(19)20/h4,6,8,11H,1-3,5,14H2,(H,16,17)(H,19,20). The fraction of sp³-hybridized carbons (Fsp3) is 0.462. The number of carbonyl (C=O) groups excluding carboxylic acids is 1. The molecule has 4 N–H and O–H groups in total. The lowest BCUT2D eigenvalue weighted by Crippen LogP contribution is -2.50. The van der Waals surface area contributed by atoms with Crippen molar-refractivity contribution in [2.75, 3.05) is 6.54 Å². The molecule has 0 aliphatic carbocycles. The summed E-state index contributed by atoms with van der Waals surface area (Å²) in [6, 6.07) is -0.326. The Morgan fingerprint density at radius 2 is 2.14 bits per heavy atom. The molecule has 2 unspecified atom stereocenters. The van der Waals surface area contributed by atoms with Crippen molar-refractivity contribution >= 4 is 29.2 Å². The van der Waals surface area contributed by atoms with Crippen molar-refractivity contribution in [3.05, 3.63) is 21.9 Å². The molecule has 2 rings (SSSR count). The molecule has 0 saturated heterocycles. The van der Waals surface area contributed by atoms with Gasteiger partial charge in [-0.05, 0) is 29.9 Å². The third kappa shape index (κ3) is 3.22. The molecule has 1 aliphatic heterocycles. The van der Waals surface area contributed by atoms with Crippen LogP contribution in [0.3, 0.4) is 0 Å². The van der Waals surface area contributed by atoms with E-state index in [0.29, 0.717) is 12.0 Å². The van der Waals surface area contributed by atoms with Crippen molar-refractivity contribution in [3.63, 3.8) is 0 Å². The molecule has 1 aliphatic rings. The summed E-state index contributed by atoms with van der Waals surface area (Å²) in [5.74, 6) is -2.65. The summed E-state index contributed by atoms with van der Waals surface area (Å²) in [6.07, 6.45) is 0.365. The first kappa shape index (κ1) is 15.5. The predicted molar refractivity (Wildman–Crippen MR) is 75.0 cm³/mol. The van der Waals surface area contributed by atoms with E-state index in [-0.39, 0.29) is 19.4 Å². The highest BCUT2D eigenvalue weighted by Gasteiger charge is 2.38. The number of amides is 1. The molecular formula is C13H16N2O5S. The molecule has 1 amide bonds. The van der Waals surface area contributed by atoms with E-state index in [2.05, 4.69) is 0 Å². The van der Waals surface area contributed by atoms with Gasteiger partial charge in [0.2, 0.25) is 5.91 Å². The van der Waals surface area contributed by atoms with Gasteiger partial charge in [0.15, 0.2) is 6.04 Å². The monoisotopic (exact) mass is 312 g/mol. The van der Waals surface area contributed by atoms with E-state index in [1.165, 1.54) is 16.2 Å². The van der Waals surface area contributed by atoms with Crippen LogP contribution in [0.15, 0.2) is 11.4 Å². The number of hydrogen-bond acceptors (Lipinski definition) is 5. The van der Waals surface area contributed by atoms with E-state index in [0.717, 1.165) is 4.88 Å². The summed E-state index contributed by atoms with van der Waals surface area (Å²) in [7, 11) is 0. The molecule has 0 bridgehead atoms. The fourth-order valence-corrected chi connectivity index (χ4v) is 3.34. The van der Waals surface area contributed by atoms with Crippen LogP contribution < -0.4 is 5.73 Å². The van der Waals surface area contributed by atoms with Crippen LogP contribution in [-0.4, -0.2) is 45.5 Å². The van der Waals surface area contributed by atoms with E-state index >= 15 is 0 Å². The summed E-state index contributed by atoms with van der Waals surface area (Å²) < 4.78 is 0. The van der Waals surface area contributed by atoms with Gasteiger partial charge in [0, 0.05) is 17.8 Å². The second-order valence-corrected chi connectivity index (χ2v) is 5.86. The van der Waals surface area contributed by atoms with Gasteiger partial charge in [0.25, 0.3) is 0 Å². The summed E-state index contributed by atoms with van der Waals surface area (Å²) in [5, 5.41) is 19.8.